The van der Waals surface area contributed by atoms with Crippen LogP contribution in [-0.4, -0.2) is 65.6 Å². The van der Waals surface area contributed by atoms with E-state index >= 15 is 0 Å². The van der Waals surface area contributed by atoms with Crippen molar-refractivity contribution in [1.82, 2.24) is 4.90 Å². The lowest BCUT2D eigenvalue weighted by atomic mass is 9.79. The molecule has 2 aromatic rings. The van der Waals surface area contributed by atoms with Crippen molar-refractivity contribution in [3.8, 4) is 23.7 Å². The summed E-state index contributed by atoms with van der Waals surface area (Å²) >= 11 is 1.53. The molecule has 1 saturated heterocycles. The second kappa shape index (κ2) is 11.0. The molecule has 0 spiro atoms. The van der Waals surface area contributed by atoms with Crippen molar-refractivity contribution in [2.75, 3.05) is 56.4 Å². The number of likely N-dealkylation sites (tertiary alicyclic amines) is 1. The summed E-state index contributed by atoms with van der Waals surface area (Å²) in [6.45, 7) is 6.89. The highest BCUT2D eigenvalue weighted by atomic mass is 32.2. The lowest BCUT2D eigenvalue weighted by Crippen LogP contribution is -2.50. The zero-order valence-electron chi connectivity index (χ0n) is 22.3. The Balaban J connectivity index is 1.62. The highest BCUT2D eigenvalue weighted by Gasteiger charge is 2.36. The number of thioether (sulfide) groups is 1. The van der Waals surface area contributed by atoms with Gasteiger partial charge in [-0.05, 0) is 49.7 Å². The molecule has 0 aromatic heterocycles. The molecular weight excluding hydrogens is 520 g/mol. The summed E-state index contributed by atoms with van der Waals surface area (Å²) in [6, 6.07) is 11.2. The summed E-state index contributed by atoms with van der Waals surface area (Å²) in [7, 11) is 1.72. The molecule has 9 nitrogen and oxygen atoms in total. The first-order valence-electron chi connectivity index (χ1n) is 12.3. The molecule has 2 aliphatic rings. The van der Waals surface area contributed by atoms with E-state index in [4.69, 9.17) is 9.88 Å². The van der Waals surface area contributed by atoms with Gasteiger partial charge in [0, 0.05) is 30.6 Å². The number of nitrogens with one attached hydrogen (secondary N) is 2. The van der Waals surface area contributed by atoms with Crippen LogP contribution in [0.2, 0.25) is 0 Å². The summed E-state index contributed by atoms with van der Waals surface area (Å²) in [6.07, 6.45) is 1.02. The molecule has 0 aliphatic carbocycles. The quantitative estimate of drug-likeness (QED) is 0.461. The van der Waals surface area contributed by atoms with E-state index in [-0.39, 0.29) is 21.7 Å². The standard InChI is InChI=1S/C27H34N6O3S2/c1-27(2)17-32(3)14-12-24(27)31-20-10-11-23-26(33(4)25(16-28)37-23)19(20)7-6-13-30-21-9-8-18(38(29,34)35)15-22(21)36-5/h8-11,15,24-25,30-31H,12-14,17H2,1-5H3,(H2,29,34,35). The molecule has 1 fully saturated rings. The Kier molecular flexibility index (Phi) is 8.05. The van der Waals surface area contributed by atoms with E-state index in [2.05, 4.69) is 66.5 Å². The molecule has 4 rings (SSSR count). The Hall–Kier alpha value is -3.09. The van der Waals surface area contributed by atoms with E-state index in [1.807, 2.05) is 11.9 Å². The second-order valence-electron chi connectivity index (χ2n) is 10.3. The largest absolute Gasteiger partial charge is 0.495 e. The molecule has 0 bridgehead atoms. The Morgan fingerprint density at radius 3 is 2.63 bits per heavy atom. The van der Waals surface area contributed by atoms with E-state index in [0.717, 1.165) is 41.3 Å². The number of benzene rings is 2. The van der Waals surface area contributed by atoms with Crippen LogP contribution in [0.3, 0.4) is 0 Å². The van der Waals surface area contributed by atoms with Crippen LogP contribution in [0.5, 0.6) is 5.75 Å². The number of hydrogen-bond donors (Lipinski definition) is 3. The maximum atomic E-state index is 11.7. The molecule has 2 aromatic carbocycles. The van der Waals surface area contributed by atoms with Gasteiger partial charge in [0.15, 0.2) is 5.37 Å². The van der Waals surface area contributed by atoms with Crippen molar-refractivity contribution in [1.29, 1.82) is 5.26 Å². The van der Waals surface area contributed by atoms with Crippen LogP contribution in [0.25, 0.3) is 0 Å². The maximum absolute atomic E-state index is 11.7. The van der Waals surface area contributed by atoms with Gasteiger partial charge in [-0.3, -0.25) is 0 Å². The van der Waals surface area contributed by atoms with Crippen LogP contribution < -0.4 is 25.4 Å². The predicted octanol–water partition coefficient (Wildman–Crippen LogP) is 3.34. The van der Waals surface area contributed by atoms with Gasteiger partial charge in [-0.1, -0.05) is 37.5 Å². The number of sulfonamides is 1. The van der Waals surface area contributed by atoms with Crippen LogP contribution >= 0.6 is 11.8 Å². The van der Waals surface area contributed by atoms with Crippen LogP contribution in [0.4, 0.5) is 17.1 Å². The number of fused-ring (bicyclic) bond motifs is 1. The first-order valence-corrected chi connectivity index (χ1v) is 14.7. The summed E-state index contributed by atoms with van der Waals surface area (Å²) in [4.78, 5) is 5.35. The molecule has 2 aliphatic heterocycles. The SMILES string of the molecule is COc1cc(S(N)(=O)=O)ccc1NCC#Cc1c(NC2CCN(C)CC2(C)C)ccc2c1N(C)C(C#N)S2. The average Bonchev–Trinajstić information content (AvgIpc) is 3.18. The number of nitrogens with two attached hydrogens (primary N) is 1. The van der Waals surface area contributed by atoms with E-state index in [1.54, 1.807) is 6.07 Å². The van der Waals surface area contributed by atoms with Gasteiger partial charge in [-0.2, -0.15) is 5.26 Å². The zero-order chi connectivity index (χ0) is 27.7. The Morgan fingerprint density at radius 1 is 1.24 bits per heavy atom. The molecular formula is C27H34N6O3S2. The average molecular weight is 555 g/mol. The number of nitriles is 1. The molecule has 2 atom stereocenters. The topological polar surface area (TPSA) is 124 Å². The molecule has 202 valence electrons. The molecule has 38 heavy (non-hydrogen) atoms. The Morgan fingerprint density at radius 2 is 1.97 bits per heavy atom. The predicted molar refractivity (Wildman–Crippen MR) is 153 cm³/mol. The normalized spacial score (nSPS) is 20.6. The highest BCUT2D eigenvalue weighted by molar-refractivity contribution is 8.00. The number of anilines is 3. The van der Waals surface area contributed by atoms with Crippen molar-refractivity contribution in [3.05, 3.63) is 35.9 Å². The van der Waals surface area contributed by atoms with E-state index < -0.39 is 10.0 Å². The summed E-state index contributed by atoms with van der Waals surface area (Å²) in [5, 5.41) is 21.6. The summed E-state index contributed by atoms with van der Waals surface area (Å²) in [5.41, 5.74) is 3.47. The zero-order valence-corrected chi connectivity index (χ0v) is 24.0. The van der Waals surface area contributed by atoms with Gasteiger partial charge < -0.3 is 25.2 Å². The molecule has 4 N–H and O–H groups in total. The third-order valence-electron chi connectivity index (χ3n) is 7.03. The van der Waals surface area contributed by atoms with Crippen LogP contribution in [0.15, 0.2) is 40.1 Å². The van der Waals surface area contributed by atoms with Crippen molar-refractivity contribution in [2.24, 2.45) is 10.6 Å². The van der Waals surface area contributed by atoms with E-state index in [9.17, 15) is 13.7 Å². The minimum Gasteiger partial charge on any atom is -0.495 e. The Labute approximate surface area is 229 Å². The third-order valence-corrected chi connectivity index (χ3v) is 9.17. The number of piperidine rings is 1. The number of hydrogen-bond acceptors (Lipinski definition) is 9. The van der Waals surface area contributed by atoms with Crippen molar-refractivity contribution in [3.63, 3.8) is 0 Å². The van der Waals surface area contributed by atoms with Crippen LogP contribution in [0, 0.1) is 28.6 Å². The van der Waals surface area contributed by atoms with Gasteiger partial charge in [0.05, 0.1) is 47.2 Å². The lowest BCUT2D eigenvalue weighted by molar-refractivity contribution is 0.126. The first-order chi connectivity index (χ1) is 17.9. The fourth-order valence-corrected chi connectivity index (χ4v) is 6.63. The van der Waals surface area contributed by atoms with Gasteiger partial charge in [-0.15, -0.1) is 0 Å². The van der Waals surface area contributed by atoms with Gasteiger partial charge in [0.2, 0.25) is 10.0 Å². The maximum Gasteiger partial charge on any atom is 0.238 e. The number of nitrogens with zero attached hydrogens (tertiary/aromatic N) is 3. The van der Waals surface area contributed by atoms with Crippen molar-refractivity contribution >= 4 is 38.8 Å². The van der Waals surface area contributed by atoms with Crippen molar-refractivity contribution < 1.29 is 13.2 Å². The third kappa shape index (κ3) is 5.82. The van der Waals surface area contributed by atoms with Gasteiger partial charge in [0.1, 0.15) is 5.75 Å². The van der Waals surface area contributed by atoms with Gasteiger partial charge in [-0.25, -0.2) is 13.6 Å². The fraction of sp³-hybridized carbons (Fsp3) is 0.444. The number of rotatable bonds is 6. The molecule has 0 saturated carbocycles. The lowest BCUT2D eigenvalue weighted by Gasteiger charge is -2.44. The first kappa shape index (κ1) is 27.9. The van der Waals surface area contributed by atoms with Gasteiger partial charge >= 0.3 is 0 Å². The van der Waals surface area contributed by atoms with E-state index in [1.165, 1.54) is 31.0 Å². The fourth-order valence-electron chi connectivity index (χ4n) is 5.04. The number of methoxy groups -OCH3 is 1. The second-order valence-corrected chi connectivity index (χ2v) is 13.0. The molecule has 2 unspecified atom stereocenters. The number of primary sulfonamides is 1. The van der Waals surface area contributed by atoms with Gasteiger partial charge in [0.25, 0.3) is 0 Å². The molecule has 11 heteroatoms. The molecule has 0 amide bonds. The van der Waals surface area contributed by atoms with E-state index in [0.29, 0.717) is 18.0 Å². The minimum absolute atomic E-state index is 0.0223. The summed E-state index contributed by atoms with van der Waals surface area (Å²) in [5.74, 6) is 6.92. The van der Waals surface area contributed by atoms with Crippen LogP contribution in [0.1, 0.15) is 25.8 Å². The molecule has 0 radical (unpaired) electrons. The smallest absolute Gasteiger partial charge is 0.238 e. The number of ether oxygens (including phenoxy) is 1. The van der Waals surface area contributed by atoms with Crippen LogP contribution in [-0.2, 0) is 10.0 Å². The summed E-state index contributed by atoms with van der Waals surface area (Å²) < 4.78 is 28.7. The minimum atomic E-state index is -3.83. The highest BCUT2D eigenvalue weighted by Crippen LogP contribution is 2.47. The monoisotopic (exact) mass is 554 g/mol. The Bertz CT molecular complexity index is 1420. The van der Waals surface area contributed by atoms with Crippen molar-refractivity contribution in [2.45, 2.75) is 41.5 Å². The molecule has 2 heterocycles.